The van der Waals surface area contributed by atoms with Gasteiger partial charge in [0.05, 0.1) is 25.0 Å². The first-order valence-corrected chi connectivity index (χ1v) is 7.59. The number of amides is 1. The molecule has 1 aliphatic heterocycles. The Morgan fingerprint density at radius 3 is 2.82 bits per heavy atom. The highest BCUT2D eigenvalue weighted by Crippen LogP contribution is 2.20. The highest BCUT2D eigenvalue weighted by atomic mass is 16.2. The molecule has 1 aliphatic rings. The first-order valence-electron chi connectivity index (χ1n) is 7.59. The second kappa shape index (κ2) is 5.92. The van der Waals surface area contributed by atoms with Crippen LogP contribution in [0.2, 0.25) is 0 Å². The molecule has 3 heterocycles. The van der Waals surface area contributed by atoms with Gasteiger partial charge in [0.25, 0.3) is 0 Å². The molecule has 0 atom stereocenters. The van der Waals surface area contributed by atoms with Gasteiger partial charge in [-0.3, -0.25) is 14.4 Å². The van der Waals surface area contributed by atoms with Gasteiger partial charge in [0.2, 0.25) is 5.91 Å². The molecule has 0 spiro atoms. The number of aryl methyl sites for hydroxylation is 1. The van der Waals surface area contributed by atoms with Crippen LogP contribution in [0, 0.1) is 6.92 Å². The predicted octanol–water partition coefficient (Wildman–Crippen LogP) is 1.46. The fourth-order valence-electron chi connectivity index (χ4n) is 2.68. The minimum atomic E-state index is -0.00232. The van der Waals surface area contributed by atoms with Gasteiger partial charge < -0.3 is 5.32 Å². The topological polar surface area (TPSA) is 68.0 Å². The summed E-state index contributed by atoms with van der Waals surface area (Å²) in [6, 6.07) is 2.42. The maximum absolute atomic E-state index is 12.1. The molecule has 2 aromatic rings. The Morgan fingerprint density at radius 2 is 2.18 bits per heavy atom. The summed E-state index contributed by atoms with van der Waals surface area (Å²) in [6.07, 6.45) is 5.61. The normalized spacial score (nSPS) is 16.0. The summed E-state index contributed by atoms with van der Waals surface area (Å²) in [7, 11) is 0. The molecule has 3 rings (SSSR count). The number of anilines is 1. The molecule has 0 saturated carbocycles. The van der Waals surface area contributed by atoms with Crippen molar-refractivity contribution < 1.29 is 4.79 Å². The lowest BCUT2D eigenvalue weighted by molar-refractivity contribution is -0.118. The van der Waals surface area contributed by atoms with Crippen molar-refractivity contribution in [3.8, 4) is 0 Å². The quantitative estimate of drug-likeness (QED) is 0.908. The molecule has 0 bridgehead atoms. The maximum atomic E-state index is 12.1. The van der Waals surface area contributed by atoms with Gasteiger partial charge in [0, 0.05) is 31.4 Å². The monoisotopic (exact) mass is 302 g/mol. The van der Waals surface area contributed by atoms with Gasteiger partial charge >= 0.3 is 0 Å². The van der Waals surface area contributed by atoms with Crippen LogP contribution in [0.25, 0.3) is 0 Å². The molecule has 7 heteroatoms. The van der Waals surface area contributed by atoms with E-state index in [0.717, 1.165) is 24.5 Å². The van der Waals surface area contributed by atoms with E-state index in [2.05, 4.69) is 20.4 Å². The van der Waals surface area contributed by atoms with E-state index >= 15 is 0 Å². The van der Waals surface area contributed by atoms with E-state index in [-0.39, 0.29) is 11.9 Å². The minimum absolute atomic E-state index is 0.00232. The predicted molar refractivity (Wildman–Crippen MR) is 83.7 cm³/mol. The Balaban J connectivity index is 1.48. The van der Waals surface area contributed by atoms with E-state index in [4.69, 9.17) is 0 Å². The lowest BCUT2D eigenvalue weighted by Gasteiger charge is -2.38. The summed E-state index contributed by atoms with van der Waals surface area (Å²) < 4.78 is 3.79. The van der Waals surface area contributed by atoms with Crippen molar-refractivity contribution >= 4 is 11.7 Å². The average molecular weight is 302 g/mol. The molecule has 0 aromatic carbocycles. The van der Waals surface area contributed by atoms with Crippen molar-refractivity contribution in [1.82, 2.24) is 24.5 Å². The Bertz CT molecular complexity index is 653. The van der Waals surface area contributed by atoms with Crippen LogP contribution in [0.15, 0.2) is 24.7 Å². The molecule has 2 aromatic heterocycles. The third-order valence-electron chi connectivity index (χ3n) is 3.84. The fraction of sp³-hybridized carbons (Fsp3) is 0.533. The molecule has 0 aliphatic carbocycles. The zero-order chi connectivity index (χ0) is 15.7. The van der Waals surface area contributed by atoms with Crippen molar-refractivity contribution in [3.63, 3.8) is 0 Å². The van der Waals surface area contributed by atoms with Gasteiger partial charge in [-0.05, 0) is 26.3 Å². The standard InChI is InChI=1S/C15H22N6O/c1-11(2)21-14(4-5-16-21)18-15(22)10-19-8-13(9-19)20-7-12(3)6-17-20/h4-7,11,13H,8-10H2,1-3H3,(H,18,22). The van der Waals surface area contributed by atoms with Crippen LogP contribution in [0.5, 0.6) is 0 Å². The van der Waals surface area contributed by atoms with Gasteiger partial charge in [-0.25, -0.2) is 4.68 Å². The molecule has 0 unspecified atom stereocenters. The molecule has 118 valence electrons. The second-order valence-corrected chi connectivity index (χ2v) is 6.15. The van der Waals surface area contributed by atoms with Gasteiger partial charge in [0.1, 0.15) is 5.82 Å². The third-order valence-corrected chi connectivity index (χ3v) is 3.84. The number of rotatable bonds is 5. The summed E-state index contributed by atoms with van der Waals surface area (Å²) in [5.41, 5.74) is 1.16. The molecule has 1 saturated heterocycles. The molecular weight excluding hydrogens is 280 g/mol. The highest BCUT2D eigenvalue weighted by molar-refractivity contribution is 5.91. The number of carbonyl (C=O) groups is 1. The van der Waals surface area contributed by atoms with E-state index in [9.17, 15) is 4.79 Å². The molecule has 0 radical (unpaired) electrons. The van der Waals surface area contributed by atoms with E-state index in [1.54, 1.807) is 6.20 Å². The van der Waals surface area contributed by atoms with Crippen molar-refractivity contribution in [2.75, 3.05) is 25.0 Å². The summed E-state index contributed by atoms with van der Waals surface area (Å²) in [5.74, 6) is 0.747. The largest absolute Gasteiger partial charge is 0.310 e. The van der Waals surface area contributed by atoms with Gasteiger partial charge in [-0.1, -0.05) is 0 Å². The number of hydrogen-bond donors (Lipinski definition) is 1. The van der Waals surface area contributed by atoms with Crippen LogP contribution < -0.4 is 5.32 Å². The summed E-state index contributed by atoms with van der Waals surface area (Å²) in [6.45, 7) is 8.23. The van der Waals surface area contributed by atoms with E-state index in [1.165, 1.54) is 0 Å². The van der Waals surface area contributed by atoms with E-state index < -0.39 is 0 Å². The smallest absolute Gasteiger partial charge is 0.239 e. The number of likely N-dealkylation sites (tertiary alicyclic amines) is 1. The van der Waals surface area contributed by atoms with Crippen molar-refractivity contribution in [1.29, 1.82) is 0 Å². The van der Waals surface area contributed by atoms with E-state index in [1.807, 2.05) is 48.6 Å². The first kappa shape index (κ1) is 14.8. The number of nitrogens with zero attached hydrogens (tertiary/aromatic N) is 5. The van der Waals surface area contributed by atoms with Crippen LogP contribution >= 0.6 is 0 Å². The van der Waals surface area contributed by atoms with Gasteiger partial charge in [0.15, 0.2) is 0 Å². The van der Waals surface area contributed by atoms with Crippen LogP contribution in [0.1, 0.15) is 31.5 Å². The van der Waals surface area contributed by atoms with Crippen molar-refractivity contribution in [2.45, 2.75) is 32.9 Å². The number of carbonyl (C=O) groups excluding carboxylic acids is 1. The van der Waals surface area contributed by atoms with Gasteiger partial charge in [-0.15, -0.1) is 0 Å². The van der Waals surface area contributed by atoms with Crippen molar-refractivity contribution in [3.05, 3.63) is 30.2 Å². The minimum Gasteiger partial charge on any atom is -0.310 e. The highest BCUT2D eigenvalue weighted by Gasteiger charge is 2.30. The number of aromatic nitrogens is 4. The van der Waals surface area contributed by atoms with Gasteiger partial charge in [-0.2, -0.15) is 10.2 Å². The Morgan fingerprint density at radius 1 is 1.41 bits per heavy atom. The SMILES string of the molecule is Cc1cnn(C2CN(CC(=O)Nc3ccnn3C(C)C)C2)c1. The van der Waals surface area contributed by atoms with Crippen LogP contribution in [0.4, 0.5) is 5.82 Å². The molecule has 22 heavy (non-hydrogen) atoms. The van der Waals surface area contributed by atoms with Crippen LogP contribution in [-0.2, 0) is 4.79 Å². The summed E-state index contributed by atoms with van der Waals surface area (Å²) >= 11 is 0. The average Bonchev–Trinajstić information content (AvgIpc) is 3.02. The molecule has 7 nitrogen and oxygen atoms in total. The molecular formula is C15H22N6O. The fourth-order valence-corrected chi connectivity index (χ4v) is 2.68. The van der Waals surface area contributed by atoms with E-state index in [0.29, 0.717) is 12.6 Å². The lowest BCUT2D eigenvalue weighted by Crippen LogP contribution is -2.50. The summed E-state index contributed by atoms with van der Waals surface area (Å²) in [4.78, 5) is 14.2. The maximum Gasteiger partial charge on any atom is 0.239 e. The first-order chi connectivity index (χ1) is 10.5. The Labute approximate surface area is 129 Å². The molecule has 1 amide bonds. The molecule has 1 N–H and O–H groups in total. The number of nitrogens with one attached hydrogen (secondary N) is 1. The van der Waals surface area contributed by atoms with Crippen LogP contribution in [-0.4, -0.2) is 50.0 Å². The summed E-state index contributed by atoms with van der Waals surface area (Å²) in [5, 5.41) is 11.5. The lowest BCUT2D eigenvalue weighted by atomic mass is 10.1. The Kier molecular flexibility index (Phi) is 3.98. The second-order valence-electron chi connectivity index (χ2n) is 6.15. The Hall–Kier alpha value is -2.15. The number of hydrogen-bond acceptors (Lipinski definition) is 4. The zero-order valence-corrected chi connectivity index (χ0v) is 13.2. The third kappa shape index (κ3) is 3.04. The zero-order valence-electron chi connectivity index (χ0n) is 13.2. The van der Waals surface area contributed by atoms with Crippen LogP contribution in [0.3, 0.4) is 0 Å². The van der Waals surface area contributed by atoms with Crippen molar-refractivity contribution in [2.24, 2.45) is 0 Å². The molecule has 1 fully saturated rings.